The Hall–Kier alpha value is -0.610. The van der Waals surface area contributed by atoms with E-state index in [1.165, 1.54) is 19.3 Å². The highest BCUT2D eigenvalue weighted by atomic mass is 16.5. The molecule has 4 nitrogen and oxygen atoms in total. The molecular weight excluding hydrogens is 448 g/mol. The first kappa shape index (κ1) is 27.0. The van der Waals surface area contributed by atoms with Crippen molar-refractivity contribution < 1.29 is 19.7 Å². The molecule has 5 fully saturated rings. The van der Waals surface area contributed by atoms with Crippen molar-refractivity contribution in [2.75, 3.05) is 0 Å². The maximum atomic E-state index is 12.1. The topological polar surface area (TPSA) is 66.8 Å². The summed E-state index contributed by atoms with van der Waals surface area (Å²) in [5.74, 6) is 2.12. The predicted octanol–water partition coefficient (Wildman–Crippen LogP) is 6.76. The summed E-state index contributed by atoms with van der Waals surface area (Å²) in [7, 11) is 0. The molecule has 0 radical (unpaired) electrons. The van der Waals surface area contributed by atoms with Gasteiger partial charge in [0.15, 0.2) is 0 Å². The van der Waals surface area contributed by atoms with Gasteiger partial charge in [-0.05, 0) is 117 Å². The Balaban J connectivity index is 1.51. The Morgan fingerprint density at radius 1 is 0.833 bits per heavy atom. The second-order valence-corrected chi connectivity index (χ2v) is 16.1. The van der Waals surface area contributed by atoms with Crippen molar-refractivity contribution in [3.63, 3.8) is 0 Å². The van der Waals surface area contributed by atoms with Gasteiger partial charge in [-0.25, -0.2) is 0 Å². The van der Waals surface area contributed by atoms with Gasteiger partial charge in [0.05, 0.1) is 11.7 Å². The van der Waals surface area contributed by atoms with Crippen LogP contribution in [0, 0.1) is 56.7 Å². The van der Waals surface area contributed by atoms with Crippen LogP contribution in [-0.4, -0.2) is 34.0 Å². The SMILES string of the molecule is CC(=O)OC1CCC2(C)C(CCC3(C)C2CCC2C4(C)CCC(C(C)(C)O)C4CC(O)C23C)C1(C)C. The number of hydrogen-bond acceptors (Lipinski definition) is 4. The van der Waals surface area contributed by atoms with E-state index in [1.54, 1.807) is 6.92 Å². The fourth-order valence-corrected chi connectivity index (χ4v) is 12.4. The second-order valence-electron chi connectivity index (χ2n) is 16.1. The van der Waals surface area contributed by atoms with Gasteiger partial charge in [0.1, 0.15) is 6.10 Å². The molecule has 0 spiro atoms. The van der Waals surface area contributed by atoms with Crippen LogP contribution < -0.4 is 0 Å². The second kappa shape index (κ2) is 7.96. The molecule has 11 unspecified atom stereocenters. The summed E-state index contributed by atoms with van der Waals surface area (Å²) in [4.78, 5) is 11.9. The fraction of sp³-hybridized carbons (Fsp3) is 0.969. The zero-order valence-electron chi connectivity index (χ0n) is 24.6. The molecule has 0 aromatic carbocycles. The molecule has 0 aliphatic heterocycles. The third-order valence-electron chi connectivity index (χ3n) is 14.2. The van der Waals surface area contributed by atoms with Crippen LogP contribution in [0.1, 0.15) is 120 Å². The standard InChI is InChI=1S/C32H54O4/c1-19(33)36-26-14-16-30(7)22(27(26,2)3)13-17-31(8)23(30)10-11-24-29(6)15-12-20(28(4,5)35)21(29)18-25(34)32(24,31)9/h20-26,34-35H,10-18H2,1-9H3. The highest BCUT2D eigenvalue weighted by Crippen LogP contribution is 2.78. The lowest BCUT2D eigenvalue weighted by molar-refractivity contribution is -0.282. The molecule has 2 N–H and O–H groups in total. The molecule has 36 heavy (non-hydrogen) atoms. The normalized spacial score (nSPS) is 54.0. The van der Waals surface area contributed by atoms with E-state index in [9.17, 15) is 15.0 Å². The van der Waals surface area contributed by atoms with Crippen molar-refractivity contribution in [3.05, 3.63) is 0 Å². The van der Waals surface area contributed by atoms with Crippen LogP contribution in [0.25, 0.3) is 0 Å². The summed E-state index contributed by atoms with van der Waals surface area (Å²) in [6.45, 7) is 20.3. The van der Waals surface area contributed by atoms with E-state index >= 15 is 0 Å². The summed E-state index contributed by atoms with van der Waals surface area (Å²) in [5, 5.41) is 23.1. The first-order chi connectivity index (χ1) is 16.4. The van der Waals surface area contributed by atoms with Crippen molar-refractivity contribution in [3.8, 4) is 0 Å². The van der Waals surface area contributed by atoms with Gasteiger partial charge in [0.2, 0.25) is 0 Å². The molecule has 0 amide bonds. The van der Waals surface area contributed by atoms with Gasteiger partial charge >= 0.3 is 5.97 Å². The zero-order valence-corrected chi connectivity index (χ0v) is 24.6. The number of carbonyl (C=O) groups excluding carboxylic acids is 1. The maximum absolute atomic E-state index is 12.1. The summed E-state index contributed by atoms with van der Waals surface area (Å²) >= 11 is 0. The van der Waals surface area contributed by atoms with Crippen LogP contribution >= 0.6 is 0 Å². The number of fused-ring (bicyclic) bond motifs is 7. The lowest BCUT2D eigenvalue weighted by atomic mass is 9.31. The molecule has 5 saturated carbocycles. The van der Waals surface area contributed by atoms with Crippen LogP contribution in [0.3, 0.4) is 0 Å². The molecule has 5 aliphatic rings. The average molecular weight is 503 g/mol. The molecule has 0 bridgehead atoms. The molecule has 0 aromatic rings. The monoisotopic (exact) mass is 502 g/mol. The molecule has 0 heterocycles. The third kappa shape index (κ3) is 3.28. The Bertz CT molecular complexity index is 904. The minimum absolute atomic E-state index is 0.00144. The lowest BCUT2D eigenvalue weighted by Crippen LogP contribution is -2.70. The Morgan fingerprint density at radius 2 is 1.44 bits per heavy atom. The molecule has 5 aliphatic carbocycles. The minimum atomic E-state index is -0.686. The van der Waals surface area contributed by atoms with Crippen molar-refractivity contribution in [1.29, 1.82) is 0 Å². The predicted molar refractivity (Wildman–Crippen MR) is 143 cm³/mol. The minimum Gasteiger partial charge on any atom is -0.462 e. The smallest absolute Gasteiger partial charge is 0.302 e. The van der Waals surface area contributed by atoms with Crippen LogP contribution in [-0.2, 0) is 9.53 Å². The van der Waals surface area contributed by atoms with E-state index in [0.29, 0.717) is 23.7 Å². The summed E-state index contributed by atoms with van der Waals surface area (Å²) in [6, 6.07) is 0. The molecular formula is C32H54O4. The fourth-order valence-electron chi connectivity index (χ4n) is 12.4. The van der Waals surface area contributed by atoms with Gasteiger partial charge in [-0.2, -0.15) is 0 Å². The Kier molecular flexibility index (Phi) is 5.97. The van der Waals surface area contributed by atoms with E-state index in [2.05, 4.69) is 41.5 Å². The number of rotatable bonds is 2. The Morgan fingerprint density at radius 3 is 2.06 bits per heavy atom. The van der Waals surface area contributed by atoms with Crippen LogP contribution in [0.5, 0.6) is 0 Å². The summed E-state index contributed by atoms with van der Waals surface area (Å²) in [6.07, 6.45) is 9.55. The molecule has 0 saturated heterocycles. The summed E-state index contributed by atoms with van der Waals surface area (Å²) < 4.78 is 5.88. The van der Waals surface area contributed by atoms with Crippen molar-refractivity contribution in [1.82, 2.24) is 0 Å². The Labute approximate surface area is 220 Å². The number of esters is 1. The van der Waals surface area contributed by atoms with Crippen LogP contribution in [0.2, 0.25) is 0 Å². The van der Waals surface area contributed by atoms with Crippen LogP contribution in [0.4, 0.5) is 0 Å². The molecule has 4 heteroatoms. The van der Waals surface area contributed by atoms with Crippen molar-refractivity contribution in [2.24, 2.45) is 56.7 Å². The molecule has 11 atom stereocenters. The molecule has 206 valence electrons. The molecule has 0 aromatic heterocycles. The average Bonchev–Trinajstić information content (AvgIpc) is 3.08. The van der Waals surface area contributed by atoms with Gasteiger partial charge in [0, 0.05) is 17.8 Å². The number of hydrogen-bond donors (Lipinski definition) is 2. The van der Waals surface area contributed by atoms with Gasteiger partial charge in [-0.1, -0.05) is 41.5 Å². The van der Waals surface area contributed by atoms with E-state index in [0.717, 1.165) is 38.5 Å². The number of ether oxygens (including phenoxy) is 1. The number of carbonyl (C=O) groups is 1. The zero-order chi connectivity index (χ0) is 26.7. The van der Waals surface area contributed by atoms with Gasteiger partial charge in [-0.3, -0.25) is 4.79 Å². The van der Waals surface area contributed by atoms with E-state index in [-0.39, 0.29) is 51.2 Å². The highest BCUT2D eigenvalue weighted by Gasteiger charge is 2.73. The first-order valence-electron chi connectivity index (χ1n) is 15.0. The largest absolute Gasteiger partial charge is 0.462 e. The van der Waals surface area contributed by atoms with Crippen LogP contribution in [0.15, 0.2) is 0 Å². The van der Waals surface area contributed by atoms with Gasteiger partial charge < -0.3 is 14.9 Å². The summed E-state index contributed by atoms with van der Waals surface area (Å²) in [5.41, 5.74) is -0.354. The maximum Gasteiger partial charge on any atom is 0.302 e. The number of aliphatic hydroxyl groups is 2. The molecule has 5 rings (SSSR count). The lowest BCUT2D eigenvalue weighted by Gasteiger charge is -2.74. The van der Waals surface area contributed by atoms with Crippen molar-refractivity contribution >= 4 is 5.97 Å². The van der Waals surface area contributed by atoms with E-state index < -0.39 is 5.60 Å². The first-order valence-corrected chi connectivity index (χ1v) is 15.0. The quantitative estimate of drug-likeness (QED) is 0.409. The van der Waals surface area contributed by atoms with Gasteiger partial charge in [0.25, 0.3) is 0 Å². The van der Waals surface area contributed by atoms with E-state index in [4.69, 9.17) is 4.74 Å². The van der Waals surface area contributed by atoms with Crippen molar-refractivity contribution in [2.45, 2.75) is 138 Å². The number of aliphatic hydroxyl groups excluding tert-OH is 1. The highest BCUT2D eigenvalue weighted by molar-refractivity contribution is 5.66. The van der Waals surface area contributed by atoms with Gasteiger partial charge in [-0.15, -0.1) is 0 Å². The van der Waals surface area contributed by atoms with E-state index in [1.807, 2.05) is 13.8 Å². The third-order valence-corrected chi connectivity index (χ3v) is 14.2.